The molecular formula is C24H38N4O2. The number of nitrogens with zero attached hydrogens (tertiary/aromatic N) is 4. The van der Waals surface area contributed by atoms with Crippen molar-refractivity contribution in [3.8, 4) is 5.75 Å². The van der Waals surface area contributed by atoms with E-state index in [4.69, 9.17) is 4.74 Å². The highest BCUT2D eigenvalue weighted by molar-refractivity contribution is 5.33. The molecule has 2 aromatic rings. The van der Waals surface area contributed by atoms with Crippen LogP contribution in [0.25, 0.3) is 0 Å². The first-order chi connectivity index (χ1) is 14.5. The first-order valence-electron chi connectivity index (χ1n) is 11.3. The molecule has 1 aliphatic carbocycles. The summed E-state index contributed by atoms with van der Waals surface area (Å²) < 4.78 is 7.88. The van der Waals surface area contributed by atoms with Gasteiger partial charge in [0.1, 0.15) is 18.5 Å². The molecule has 1 saturated carbocycles. The fraction of sp³-hybridized carbons (Fsp3) is 0.625. The fourth-order valence-electron chi connectivity index (χ4n) is 4.31. The molecule has 0 aliphatic heterocycles. The van der Waals surface area contributed by atoms with Crippen LogP contribution in [0.2, 0.25) is 0 Å². The van der Waals surface area contributed by atoms with Crippen LogP contribution in [0.1, 0.15) is 43.2 Å². The van der Waals surface area contributed by atoms with Gasteiger partial charge in [-0.25, -0.2) is 0 Å². The Bertz CT molecular complexity index is 757. The van der Waals surface area contributed by atoms with E-state index in [9.17, 15) is 5.11 Å². The Hall–Kier alpha value is -1.89. The lowest BCUT2D eigenvalue weighted by molar-refractivity contribution is 0.0557. The van der Waals surface area contributed by atoms with Crippen LogP contribution in [0.5, 0.6) is 5.75 Å². The van der Waals surface area contributed by atoms with E-state index in [-0.39, 0.29) is 0 Å². The van der Waals surface area contributed by atoms with Gasteiger partial charge in [-0.1, -0.05) is 37.5 Å². The molecule has 0 saturated heterocycles. The monoisotopic (exact) mass is 414 g/mol. The fourth-order valence-corrected chi connectivity index (χ4v) is 4.31. The molecule has 0 bridgehead atoms. The van der Waals surface area contributed by atoms with Crippen LogP contribution >= 0.6 is 0 Å². The second kappa shape index (κ2) is 11.5. The molecule has 1 atom stereocenters. The maximum absolute atomic E-state index is 10.5. The summed E-state index contributed by atoms with van der Waals surface area (Å²) >= 11 is 0. The molecule has 166 valence electrons. The van der Waals surface area contributed by atoms with E-state index in [2.05, 4.69) is 41.3 Å². The molecule has 1 N–H and O–H groups in total. The molecule has 6 heteroatoms. The molecule has 1 heterocycles. The van der Waals surface area contributed by atoms with Crippen LogP contribution in [0, 0.1) is 0 Å². The average Bonchev–Trinajstić information content (AvgIpc) is 3.17. The van der Waals surface area contributed by atoms with Gasteiger partial charge in [0.25, 0.3) is 0 Å². The van der Waals surface area contributed by atoms with E-state index in [1.165, 1.54) is 37.7 Å². The Morgan fingerprint density at radius 2 is 1.97 bits per heavy atom. The highest BCUT2D eigenvalue weighted by atomic mass is 16.5. The van der Waals surface area contributed by atoms with Crippen molar-refractivity contribution in [1.82, 2.24) is 19.6 Å². The minimum atomic E-state index is -0.478. The van der Waals surface area contributed by atoms with Gasteiger partial charge in [0.05, 0.1) is 6.20 Å². The standard InChI is InChI=1S/C24H38N4O2/c1-26(14-13-20-15-25-28(3)16-20)17-21-9-7-8-12-24(21)30-19-23(29)18-27(2)22-10-5-4-6-11-22/h7-9,12,15-16,22-23,29H,4-6,10-11,13-14,17-19H2,1-3H3/t23-/m1/s1. The zero-order valence-electron chi connectivity index (χ0n) is 18.8. The van der Waals surface area contributed by atoms with Crippen molar-refractivity contribution in [2.75, 3.05) is 33.8 Å². The molecule has 1 aromatic heterocycles. The Labute approximate surface area is 181 Å². The number of benzene rings is 1. The lowest BCUT2D eigenvalue weighted by Crippen LogP contribution is -2.40. The van der Waals surface area contributed by atoms with Gasteiger partial charge in [-0.05, 0) is 45.0 Å². The van der Waals surface area contributed by atoms with E-state index in [0.29, 0.717) is 19.2 Å². The normalized spacial score (nSPS) is 16.3. The van der Waals surface area contributed by atoms with Crippen LogP contribution in [-0.4, -0.2) is 70.6 Å². The zero-order valence-corrected chi connectivity index (χ0v) is 18.8. The number of aliphatic hydroxyl groups is 1. The third kappa shape index (κ3) is 7.11. The summed E-state index contributed by atoms with van der Waals surface area (Å²) in [5.41, 5.74) is 2.40. The Balaban J connectivity index is 1.45. The molecule has 0 spiro atoms. The van der Waals surface area contributed by atoms with Crippen molar-refractivity contribution in [2.24, 2.45) is 7.05 Å². The molecule has 6 nitrogen and oxygen atoms in total. The van der Waals surface area contributed by atoms with Gasteiger partial charge in [-0.3, -0.25) is 4.68 Å². The zero-order chi connectivity index (χ0) is 21.3. The highest BCUT2D eigenvalue weighted by Crippen LogP contribution is 2.22. The van der Waals surface area contributed by atoms with Gasteiger partial charge in [0.2, 0.25) is 0 Å². The molecule has 30 heavy (non-hydrogen) atoms. The Morgan fingerprint density at radius 3 is 2.70 bits per heavy atom. The number of aliphatic hydroxyl groups excluding tert-OH is 1. The smallest absolute Gasteiger partial charge is 0.123 e. The van der Waals surface area contributed by atoms with Crippen molar-refractivity contribution in [2.45, 2.75) is 57.2 Å². The summed E-state index contributed by atoms with van der Waals surface area (Å²) in [6.07, 6.45) is 11.0. The quantitative estimate of drug-likeness (QED) is 0.612. The third-order valence-corrected chi connectivity index (χ3v) is 6.08. The van der Waals surface area contributed by atoms with E-state index in [1.807, 2.05) is 36.1 Å². The summed E-state index contributed by atoms with van der Waals surface area (Å²) in [6, 6.07) is 8.76. The number of ether oxygens (including phenoxy) is 1. The molecule has 1 aliphatic rings. The van der Waals surface area contributed by atoms with Crippen LogP contribution < -0.4 is 4.74 Å². The SMILES string of the molecule is CN(CCc1cnn(C)c1)Cc1ccccc1OC[C@H](O)CN(C)C1CCCCC1. The van der Waals surface area contributed by atoms with Crippen molar-refractivity contribution in [3.05, 3.63) is 47.8 Å². The molecule has 0 amide bonds. The maximum atomic E-state index is 10.5. The van der Waals surface area contributed by atoms with Gasteiger partial charge in [0.15, 0.2) is 0 Å². The first kappa shape index (κ1) is 22.8. The minimum Gasteiger partial charge on any atom is -0.491 e. The van der Waals surface area contributed by atoms with E-state index < -0.39 is 6.10 Å². The second-order valence-electron chi connectivity index (χ2n) is 8.81. The summed E-state index contributed by atoms with van der Waals surface area (Å²) in [4.78, 5) is 4.60. The number of para-hydroxylation sites is 1. The lowest BCUT2D eigenvalue weighted by Gasteiger charge is -2.32. The maximum Gasteiger partial charge on any atom is 0.123 e. The Morgan fingerprint density at radius 1 is 1.20 bits per heavy atom. The third-order valence-electron chi connectivity index (χ3n) is 6.08. The number of aryl methyl sites for hydroxylation is 1. The number of hydrogen-bond acceptors (Lipinski definition) is 5. The van der Waals surface area contributed by atoms with Gasteiger partial charge in [0, 0.05) is 44.5 Å². The summed E-state index contributed by atoms with van der Waals surface area (Å²) in [5, 5.41) is 14.7. The van der Waals surface area contributed by atoms with E-state index >= 15 is 0 Å². The highest BCUT2D eigenvalue weighted by Gasteiger charge is 2.20. The van der Waals surface area contributed by atoms with Crippen LogP contribution in [0.3, 0.4) is 0 Å². The molecule has 3 rings (SSSR count). The largest absolute Gasteiger partial charge is 0.491 e. The van der Waals surface area contributed by atoms with Crippen LogP contribution in [0.15, 0.2) is 36.7 Å². The Kier molecular flexibility index (Phi) is 8.73. The average molecular weight is 415 g/mol. The number of likely N-dealkylation sites (N-methyl/N-ethyl adjacent to an activating group) is 2. The van der Waals surface area contributed by atoms with Crippen molar-refractivity contribution in [1.29, 1.82) is 0 Å². The van der Waals surface area contributed by atoms with Gasteiger partial charge in [-0.2, -0.15) is 5.10 Å². The lowest BCUT2D eigenvalue weighted by atomic mass is 9.94. The molecule has 0 unspecified atom stereocenters. The topological polar surface area (TPSA) is 53.8 Å². The molecule has 1 fully saturated rings. The van der Waals surface area contributed by atoms with Crippen molar-refractivity contribution >= 4 is 0 Å². The number of hydrogen-bond donors (Lipinski definition) is 1. The molecular weight excluding hydrogens is 376 g/mol. The van der Waals surface area contributed by atoms with Gasteiger partial charge >= 0.3 is 0 Å². The van der Waals surface area contributed by atoms with Crippen LogP contribution in [-0.2, 0) is 20.0 Å². The van der Waals surface area contributed by atoms with Gasteiger partial charge < -0.3 is 19.6 Å². The predicted octanol–water partition coefficient (Wildman–Crippen LogP) is 3.10. The number of rotatable bonds is 11. The van der Waals surface area contributed by atoms with Crippen LogP contribution in [0.4, 0.5) is 0 Å². The van der Waals surface area contributed by atoms with Crippen molar-refractivity contribution in [3.63, 3.8) is 0 Å². The summed E-state index contributed by atoms with van der Waals surface area (Å²) in [7, 11) is 6.20. The summed E-state index contributed by atoms with van der Waals surface area (Å²) in [5.74, 6) is 0.866. The predicted molar refractivity (Wildman–Crippen MR) is 121 cm³/mol. The van der Waals surface area contributed by atoms with Gasteiger partial charge in [-0.15, -0.1) is 0 Å². The van der Waals surface area contributed by atoms with E-state index in [1.54, 1.807) is 0 Å². The molecule has 1 aromatic carbocycles. The van der Waals surface area contributed by atoms with Crippen molar-refractivity contribution < 1.29 is 9.84 Å². The number of aromatic nitrogens is 2. The second-order valence-corrected chi connectivity index (χ2v) is 8.81. The summed E-state index contributed by atoms with van der Waals surface area (Å²) in [6.45, 7) is 2.76. The van der Waals surface area contributed by atoms with E-state index in [0.717, 1.165) is 30.8 Å². The molecule has 0 radical (unpaired) electrons. The first-order valence-corrected chi connectivity index (χ1v) is 11.3. The minimum absolute atomic E-state index is 0.327.